The maximum atomic E-state index is 9.43. The number of aliphatic hydroxyl groups is 1. The van der Waals surface area contributed by atoms with Crippen LogP contribution in [0.1, 0.15) is 26.7 Å². The minimum absolute atomic E-state index is 0.288. The molecule has 1 atom stereocenters. The molecule has 0 saturated carbocycles. The van der Waals surface area contributed by atoms with Gasteiger partial charge in [0.1, 0.15) is 6.79 Å². The van der Waals surface area contributed by atoms with Crippen LogP contribution in [0.4, 0.5) is 0 Å². The highest BCUT2D eigenvalue weighted by Crippen LogP contribution is 2.03. The van der Waals surface area contributed by atoms with Crippen molar-refractivity contribution in [1.82, 2.24) is 0 Å². The molecular weight excluding hydrogens is 180 g/mol. The van der Waals surface area contributed by atoms with Gasteiger partial charge in [-0.15, -0.1) is 0 Å². The Bertz CT molecular complexity index is 143. The van der Waals surface area contributed by atoms with Crippen LogP contribution in [0.15, 0.2) is 12.2 Å². The molecule has 0 amide bonds. The molecule has 0 aromatic heterocycles. The van der Waals surface area contributed by atoms with E-state index in [2.05, 4.69) is 0 Å². The number of hydrogen-bond donors (Lipinski definition) is 1. The monoisotopic (exact) mass is 202 g/mol. The van der Waals surface area contributed by atoms with Crippen LogP contribution in [-0.4, -0.2) is 31.7 Å². The molecule has 0 fully saturated rings. The second-order valence-electron chi connectivity index (χ2n) is 3.62. The van der Waals surface area contributed by atoms with Crippen molar-refractivity contribution in [2.24, 2.45) is 5.92 Å². The molecule has 0 aromatic rings. The molecule has 3 nitrogen and oxygen atoms in total. The van der Waals surface area contributed by atoms with Crippen LogP contribution in [0.2, 0.25) is 0 Å². The number of aliphatic hydroxyl groups excluding tert-OH is 1. The van der Waals surface area contributed by atoms with Gasteiger partial charge in [0, 0.05) is 13.7 Å². The summed E-state index contributed by atoms with van der Waals surface area (Å²) in [6, 6.07) is 0. The Balaban J connectivity index is 3.26. The lowest BCUT2D eigenvalue weighted by atomic mass is 10.1. The molecule has 0 bridgehead atoms. The molecule has 0 aliphatic rings. The number of hydrogen-bond acceptors (Lipinski definition) is 3. The van der Waals surface area contributed by atoms with Crippen molar-refractivity contribution in [3.63, 3.8) is 0 Å². The first kappa shape index (κ1) is 13.6. The third-order valence-electron chi connectivity index (χ3n) is 1.88. The van der Waals surface area contributed by atoms with E-state index in [0.29, 0.717) is 13.4 Å². The van der Waals surface area contributed by atoms with E-state index in [1.54, 1.807) is 7.11 Å². The standard InChI is InChI=1S/C11H22O3/c1-10(2)11(12)7-5-4-6-8-14-9-13-3/h5,7,10-12H,4,6,8-9H2,1-3H3/b7-5+/t11-/m1/s1. The predicted octanol–water partition coefficient (Wildman–Crippen LogP) is 1.96. The SMILES string of the molecule is COCOCCC/C=C/[C@@H](O)C(C)C. The first-order valence-corrected chi connectivity index (χ1v) is 5.10. The zero-order chi connectivity index (χ0) is 10.8. The average Bonchev–Trinajstić information content (AvgIpc) is 2.16. The summed E-state index contributed by atoms with van der Waals surface area (Å²) >= 11 is 0. The maximum Gasteiger partial charge on any atom is 0.146 e. The van der Waals surface area contributed by atoms with E-state index >= 15 is 0 Å². The van der Waals surface area contributed by atoms with Gasteiger partial charge in [-0.2, -0.15) is 0 Å². The van der Waals surface area contributed by atoms with Gasteiger partial charge in [0.05, 0.1) is 6.10 Å². The van der Waals surface area contributed by atoms with Crippen LogP contribution < -0.4 is 0 Å². The second-order valence-corrected chi connectivity index (χ2v) is 3.62. The molecule has 0 unspecified atom stereocenters. The Labute approximate surface area is 86.7 Å². The molecule has 0 aliphatic carbocycles. The van der Waals surface area contributed by atoms with Gasteiger partial charge in [0.25, 0.3) is 0 Å². The van der Waals surface area contributed by atoms with Gasteiger partial charge in [0.15, 0.2) is 0 Å². The molecule has 0 aromatic carbocycles. The van der Waals surface area contributed by atoms with Crippen molar-refractivity contribution in [3.05, 3.63) is 12.2 Å². The summed E-state index contributed by atoms with van der Waals surface area (Å²) in [5.41, 5.74) is 0. The summed E-state index contributed by atoms with van der Waals surface area (Å²) in [6.45, 7) is 5.06. The number of methoxy groups -OCH3 is 1. The van der Waals surface area contributed by atoms with E-state index < -0.39 is 0 Å². The molecule has 0 heterocycles. The second kappa shape index (κ2) is 9.19. The number of allylic oxidation sites excluding steroid dienone is 1. The van der Waals surface area contributed by atoms with Crippen molar-refractivity contribution in [2.75, 3.05) is 20.5 Å². The van der Waals surface area contributed by atoms with E-state index in [9.17, 15) is 5.11 Å². The quantitative estimate of drug-likeness (QED) is 0.371. The van der Waals surface area contributed by atoms with Crippen molar-refractivity contribution >= 4 is 0 Å². The lowest BCUT2D eigenvalue weighted by Gasteiger charge is -2.08. The normalized spacial score (nSPS) is 14.1. The van der Waals surface area contributed by atoms with Gasteiger partial charge in [0.2, 0.25) is 0 Å². The first-order valence-electron chi connectivity index (χ1n) is 5.10. The third kappa shape index (κ3) is 8.23. The fourth-order valence-electron chi connectivity index (χ4n) is 0.903. The Hall–Kier alpha value is -0.380. The van der Waals surface area contributed by atoms with Crippen molar-refractivity contribution < 1.29 is 14.6 Å². The molecule has 0 radical (unpaired) electrons. The van der Waals surface area contributed by atoms with E-state index in [1.165, 1.54) is 0 Å². The minimum atomic E-state index is -0.324. The number of rotatable bonds is 8. The first-order chi connectivity index (χ1) is 6.68. The van der Waals surface area contributed by atoms with Gasteiger partial charge in [-0.3, -0.25) is 0 Å². The summed E-state index contributed by atoms with van der Waals surface area (Å²) in [5, 5.41) is 9.43. The molecule has 3 heteroatoms. The van der Waals surface area contributed by atoms with Crippen LogP contribution >= 0.6 is 0 Å². The van der Waals surface area contributed by atoms with Crippen LogP contribution in [0.5, 0.6) is 0 Å². The highest BCUT2D eigenvalue weighted by Gasteiger charge is 2.02. The minimum Gasteiger partial charge on any atom is -0.389 e. The predicted molar refractivity (Wildman–Crippen MR) is 57.0 cm³/mol. The van der Waals surface area contributed by atoms with Gasteiger partial charge < -0.3 is 14.6 Å². The van der Waals surface area contributed by atoms with Crippen molar-refractivity contribution in [2.45, 2.75) is 32.8 Å². The molecule has 84 valence electrons. The summed E-state index contributed by atoms with van der Waals surface area (Å²) < 4.78 is 9.86. The average molecular weight is 202 g/mol. The molecule has 0 rings (SSSR count). The van der Waals surface area contributed by atoms with E-state index in [0.717, 1.165) is 12.8 Å². The third-order valence-corrected chi connectivity index (χ3v) is 1.88. The molecular formula is C11H22O3. The van der Waals surface area contributed by atoms with Crippen LogP contribution in [0.3, 0.4) is 0 Å². The van der Waals surface area contributed by atoms with Gasteiger partial charge in [-0.1, -0.05) is 26.0 Å². The topological polar surface area (TPSA) is 38.7 Å². The van der Waals surface area contributed by atoms with Crippen LogP contribution in [0, 0.1) is 5.92 Å². The Morgan fingerprint density at radius 2 is 2.07 bits per heavy atom. The Kier molecular flexibility index (Phi) is 8.94. The molecule has 1 N–H and O–H groups in total. The highest BCUT2D eigenvalue weighted by atomic mass is 16.7. The summed E-state index contributed by atoms with van der Waals surface area (Å²) in [6.07, 6.45) is 5.43. The fourth-order valence-corrected chi connectivity index (χ4v) is 0.903. The van der Waals surface area contributed by atoms with Crippen molar-refractivity contribution in [3.8, 4) is 0 Å². The Morgan fingerprint density at radius 3 is 2.64 bits per heavy atom. The highest BCUT2D eigenvalue weighted by molar-refractivity contribution is 4.89. The molecule has 0 saturated heterocycles. The number of unbranched alkanes of at least 4 members (excludes halogenated alkanes) is 1. The van der Waals surface area contributed by atoms with Gasteiger partial charge in [-0.05, 0) is 18.8 Å². The van der Waals surface area contributed by atoms with Crippen LogP contribution in [-0.2, 0) is 9.47 Å². The van der Waals surface area contributed by atoms with Crippen molar-refractivity contribution in [1.29, 1.82) is 0 Å². The molecule has 14 heavy (non-hydrogen) atoms. The maximum absolute atomic E-state index is 9.43. The fraction of sp³-hybridized carbons (Fsp3) is 0.818. The summed E-state index contributed by atoms with van der Waals surface area (Å²) in [5.74, 6) is 0.288. The van der Waals surface area contributed by atoms with E-state index in [1.807, 2.05) is 26.0 Å². The zero-order valence-corrected chi connectivity index (χ0v) is 9.40. The Morgan fingerprint density at radius 1 is 1.36 bits per heavy atom. The lowest BCUT2D eigenvalue weighted by molar-refractivity contribution is -0.0308. The van der Waals surface area contributed by atoms with Crippen LogP contribution in [0.25, 0.3) is 0 Å². The van der Waals surface area contributed by atoms with E-state index in [-0.39, 0.29) is 12.0 Å². The lowest BCUT2D eigenvalue weighted by Crippen LogP contribution is -2.10. The zero-order valence-electron chi connectivity index (χ0n) is 9.40. The summed E-state index contributed by atoms with van der Waals surface area (Å²) in [4.78, 5) is 0. The van der Waals surface area contributed by atoms with E-state index in [4.69, 9.17) is 9.47 Å². The largest absolute Gasteiger partial charge is 0.389 e. The molecule has 0 spiro atoms. The summed E-state index contributed by atoms with van der Waals surface area (Å²) in [7, 11) is 1.61. The smallest absolute Gasteiger partial charge is 0.146 e. The number of ether oxygens (including phenoxy) is 2. The van der Waals surface area contributed by atoms with Gasteiger partial charge in [-0.25, -0.2) is 0 Å². The van der Waals surface area contributed by atoms with Gasteiger partial charge >= 0.3 is 0 Å². The molecule has 0 aliphatic heterocycles.